The number of aryl methyl sites for hydroxylation is 1. The lowest BCUT2D eigenvalue weighted by Crippen LogP contribution is -2.34. The molecule has 1 aliphatic rings. The number of H-pyrrole nitrogens is 1. The van der Waals surface area contributed by atoms with Crippen molar-refractivity contribution in [1.82, 2.24) is 25.2 Å². The van der Waals surface area contributed by atoms with Gasteiger partial charge in [-0.05, 0) is 25.1 Å². The molecule has 0 aliphatic carbocycles. The zero-order valence-electron chi connectivity index (χ0n) is 15.2. The van der Waals surface area contributed by atoms with E-state index in [2.05, 4.69) is 20.3 Å². The van der Waals surface area contributed by atoms with E-state index < -0.39 is 0 Å². The molecule has 4 heterocycles. The van der Waals surface area contributed by atoms with Crippen molar-refractivity contribution in [2.24, 2.45) is 0 Å². The van der Waals surface area contributed by atoms with E-state index in [1.807, 2.05) is 42.2 Å². The van der Waals surface area contributed by atoms with Crippen molar-refractivity contribution in [3.05, 3.63) is 58.4 Å². The van der Waals surface area contributed by atoms with E-state index in [0.717, 1.165) is 44.4 Å². The highest BCUT2D eigenvalue weighted by Crippen LogP contribution is 2.28. The smallest absolute Gasteiger partial charge is 0.246 e. The van der Waals surface area contributed by atoms with Crippen molar-refractivity contribution in [3.63, 3.8) is 0 Å². The summed E-state index contributed by atoms with van der Waals surface area (Å²) >= 11 is 1.58. The number of carbonyl (C=O) groups is 1. The fourth-order valence-corrected chi connectivity index (χ4v) is 4.25. The van der Waals surface area contributed by atoms with Gasteiger partial charge in [0.25, 0.3) is 0 Å². The quantitative estimate of drug-likeness (QED) is 0.539. The molecule has 0 unspecified atom stereocenters. The van der Waals surface area contributed by atoms with E-state index in [9.17, 15) is 4.79 Å². The van der Waals surface area contributed by atoms with Crippen LogP contribution in [0.2, 0.25) is 0 Å². The Kier molecular flexibility index (Phi) is 4.05. The third kappa shape index (κ3) is 3.01. The number of nitrogens with one attached hydrogen (secondary N) is 1. The Morgan fingerprint density at radius 3 is 3.07 bits per heavy atom. The second kappa shape index (κ2) is 6.72. The standard InChI is InChI=1S/C20H17N5O2S/c1-12-10-16(24-27-12)20-13-11-25(9-8-14(13)22-23-20)19(26)7-6-18-21-15-4-2-3-5-17(15)28-18/h2-7,10H,8-9,11H2,1H3,(H,22,23)/b7-6+. The number of fused-ring (bicyclic) bond motifs is 2. The monoisotopic (exact) mass is 391 g/mol. The number of rotatable bonds is 3. The van der Waals surface area contributed by atoms with Gasteiger partial charge in [0.15, 0.2) is 0 Å². The summed E-state index contributed by atoms with van der Waals surface area (Å²) in [7, 11) is 0. The van der Waals surface area contributed by atoms with Gasteiger partial charge in [0.05, 0.1) is 16.8 Å². The zero-order valence-corrected chi connectivity index (χ0v) is 16.0. The van der Waals surface area contributed by atoms with Crippen LogP contribution in [0, 0.1) is 6.92 Å². The number of para-hydroxylation sites is 1. The third-order valence-corrected chi connectivity index (χ3v) is 5.80. The van der Waals surface area contributed by atoms with Crippen LogP contribution in [-0.2, 0) is 17.8 Å². The summed E-state index contributed by atoms with van der Waals surface area (Å²) in [4.78, 5) is 19.1. The Labute approximate surface area is 164 Å². The van der Waals surface area contributed by atoms with Crippen LogP contribution >= 0.6 is 11.3 Å². The fraction of sp³-hybridized carbons (Fsp3) is 0.200. The summed E-state index contributed by atoms with van der Waals surface area (Å²) in [6, 6.07) is 9.81. The first-order chi connectivity index (χ1) is 13.7. The normalized spacial score (nSPS) is 14.1. The number of amides is 1. The van der Waals surface area contributed by atoms with Gasteiger partial charge in [0.1, 0.15) is 22.2 Å². The molecular formula is C20H17N5O2S. The Hall–Kier alpha value is -3.26. The topological polar surface area (TPSA) is 87.9 Å². The second-order valence-electron chi connectivity index (χ2n) is 6.72. The van der Waals surface area contributed by atoms with Gasteiger partial charge in [-0.2, -0.15) is 5.10 Å². The minimum Gasteiger partial charge on any atom is -0.361 e. The van der Waals surface area contributed by atoms with E-state index >= 15 is 0 Å². The maximum atomic E-state index is 12.7. The van der Waals surface area contributed by atoms with Crippen LogP contribution in [-0.4, -0.2) is 37.7 Å². The van der Waals surface area contributed by atoms with E-state index in [4.69, 9.17) is 4.52 Å². The Morgan fingerprint density at radius 2 is 2.25 bits per heavy atom. The molecule has 1 aliphatic heterocycles. The van der Waals surface area contributed by atoms with Crippen LogP contribution in [0.1, 0.15) is 22.0 Å². The Morgan fingerprint density at radius 1 is 1.36 bits per heavy atom. The number of benzene rings is 1. The van der Waals surface area contributed by atoms with Crippen molar-refractivity contribution in [1.29, 1.82) is 0 Å². The Bertz CT molecular complexity index is 1170. The minimum atomic E-state index is -0.0339. The lowest BCUT2D eigenvalue weighted by atomic mass is 10.0. The third-order valence-electron chi connectivity index (χ3n) is 4.79. The number of nitrogens with zero attached hydrogens (tertiary/aromatic N) is 4. The minimum absolute atomic E-state index is 0.0339. The van der Waals surface area contributed by atoms with Crippen LogP contribution in [0.15, 0.2) is 40.9 Å². The SMILES string of the molecule is Cc1cc(-c2n[nH]c3c2CN(C(=O)/C=C/c2nc4ccccc4s2)CC3)no1. The first kappa shape index (κ1) is 16.9. The fourth-order valence-electron chi connectivity index (χ4n) is 3.38. The molecule has 28 heavy (non-hydrogen) atoms. The number of hydrogen-bond donors (Lipinski definition) is 1. The average Bonchev–Trinajstić information content (AvgIpc) is 3.42. The van der Waals surface area contributed by atoms with Gasteiger partial charge in [0.2, 0.25) is 5.91 Å². The summed E-state index contributed by atoms with van der Waals surface area (Å²) in [5, 5.41) is 12.3. The van der Waals surface area contributed by atoms with Gasteiger partial charge in [-0.15, -0.1) is 11.3 Å². The molecule has 1 N–H and O–H groups in total. The number of hydrogen-bond acceptors (Lipinski definition) is 6. The molecule has 7 nitrogen and oxygen atoms in total. The maximum Gasteiger partial charge on any atom is 0.246 e. The molecule has 0 bridgehead atoms. The predicted molar refractivity (Wildman–Crippen MR) is 107 cm³/mol. The summed E-state index contributed by atoms with van der Waals surface area (Å²) < 4.78 is 6.28. The molecule has 0 saturated heterocycles. The maximum absolute atomic E-state index is 12.7. The van der Waals surface area contributed by atoms with Gasteiger partial charge < -0.3 is 9.42 Å². The first-order valence-electron chi connectivity index (χ1n) is 9.00. The highest BCUT2D eigenvalue weighted by Gasteiger charge is 2.26. The number of aromatic nitrogens is 4. The summed E-state index contributed by atoms with van der Waals surface area (Å²) in [5.41, 5.74) is 4.44. The number of aromatic amines is 1. The molecule has 0 spiro atoms. The lowest BCUT2D eigenvalue weighted by molar-refractivity contribution is -0.126. The molecule has 0 fully saturated rings. The van der Waals surface area contributed by atoms with Crippen molar-refractivity contribution in [2.45, 2.75) is 19.9 Å². The van der Waals surface area contributed by atoms with E-state index in [0.29, 0.717) is 18.8 Å². The zero-order chi connectivity index (χ0) is 19.1. The molecule has 1 aromatic carbocycles. The van der Waals surface area contributed by atoms with Crippen LogP contribution in [0.3, 0.4) is 0 Å². The van der Waals surface area contributed by atoms with Gasteiger partial charge >= 0.3 is 0 Å². The van der Waals surface area contributed by atoms with Gasteiger partial charge in [-0.1, -0.05) is 17.3 Å². The van der Waals surface area contributed by atoms with E-state index in [-0.39, 0.29) is 5.91 Å². The van der Waals surface area contributed by atoms with Crippen LogP contribution in [0.4, 0.5) is 0 Å². The average molecular weight is 391 g/mol. The lowest BCUT2D eigenvalue weighted by Gasteiger charge is -2.25. The molecule has 3 aromatic heterocycles. The van der Waals surface area contributed by atoms with E-state index in [1.54, 1.807) is 23.5 Å². The van der Waals surface area contributed by atoms with Crippen molar-refractivity contribution < 1.29 is 9.32 Å². The first-order valence-corrected chi connectivity index (χ1v) is 9.81. The van der Waals surface area contributed by atoms with Gasteiger partial charge in [-0.25, -0.2) is 4.98 Å². The van der Waals surface area contributed by atoms with Crippen molar-refractivity contribution in [2.75, 3.05) is 6.54 Å². The molecule has 8 heteroatoms. The summed E-state index contributed by atoms with van der Waals surface area (Å²) in [5.74, 6) is 0.697. The molecule has 0 radical (unpaired) electrons. The van der Waals surface area contributed by atoms with Crippen LogP contribution < -0.4 is 0 Å². The summed E-state index contributed by atoms with van der Waals surface area (Å²) in [6.07, 6.45) is 4.13. The van der Waals surface area contributed by atoms with Crippen molar-refractivity contribution in [3.8, 4) is 11.4 Å². The largest absolute Gasteiger partial charge is 0.361 e. The highest BCUT2D eigenvalue weighted by molar-refractivity contribution is 7.19. The highest BCUT2D eigenvalue weighted by atomic mass is 32.1. The predicted octanol–water partition coefficient (Wildman–Crippen LogP) is 3.58. The van der Waals surface area contributed by atoms with Crippen LogP contribution in [0.25, 0.3) is 27.7 Å². The van der Waals surface area contributed by atoms with Crippen LogP contribution in [0.5, 0.6) is 0 Å². The van der Waals surface area contributed by atoms with Crippen molar-refractivity contribution >= 4 is 33.5 Å². The van der Waals surface area contributed by atoms with Gasteiger partial charge in [0, 0.05) is 36.4 Å². The molecule has 5 rings (SSSR count). The van der Waals surface area contributed by atoms with Gasteiger partial charge in [-0.3, -0.25) is 9.89 Å². The van der Waals surface area contributed by atoms with E-state index in [1.165, 1.54) is 0 Å². The number of thiazole rings is 1. The number of carbonyl (C=O) groups excluding carboxylic acids is 1. The molecule has 140 valence electrons. The molecule has 4 aromatic rings. The molecular weight excluding hydrogens is 374 g/mol. The summed E-state index contributed by atoms with van der Waals surface area (Å²) in [6.45, 7) is 2.99. The Balaban J connectivity index is 1.35. The molecule has 0 saturated carbocycles. The second-order valence-corrected chi connectivity index (χ2v) is 7.78. The molecule has 1 amide bonds. The molecule has 0 atom stereocenters.